The molecule has 3 rings (SSSR count). The van der Waals surface area contributed by atoms with Crippen LogP contribution in [0.25, 0.3) is 10.8 Å². The highest BCUT2D eigenvalue weighted by Crippen LogP contribution is 2.26. The van der Waals surface area contributed by atoms with Gasteiger partial charge in [-0.1, -0.05) is 12.1 Å². The molecule has 2 heterocycles. The Kier molecular flexibility index (Phi) is 4.61. The highest BCUT2D eigenvalue weighted by atomic mass is 35.5. The zero-order valence-corrected chi connectivity index (χ0v) is 12.0. The molecular formula is C15H20ClN3. The van der Waals surface area contributed by atoms with E-state index in [1.54, 1.807) is 0 Å². The van der Waals surface area contributed by atoms with Gasteiger partial charge >= 0.3 is 0 Å². The maximum Gasteiger partial charge on any atom is 0.0471 e. The Bertz CT molecular complexity index is 545. The Morgan fingerprint density at radius 2 is 2.00 bits per heavy atom. The van der Waals surface area contributed by atoms with Gasteiger partial charge in [0.1, 0.15) is 0 Å². The van der Waals surface area contributed by atoms with E-state index in [4.69, 9.17) is 0 Å². The van der Waals surface area contributed by atoms with E-state index in [2.05, 4.69) is 46.8 Å². The van der Waals surface area contributed by atoms with Crippen molar-refractivity contribution in [2.75, 3.05) is 18.4 Å². The number of anilines is 1. The maximum absolute atomic E-state index is 4.41. The number of halogens is 1. The molecule has 4 heteroatoms. The maximum atomic E-state index is 4.41. The van der Waals surface area contributed by atoms with Crippen molar-refractivity contribution in [3.05, 3.63) is 36.2 Å². The lowest BCUT2D eigenvalue weighted by molar-refractivity contribution is 0.479. The standard InChI is InChI=1S/C15H19N3.ClH/c1-11-15-12(5-10-17-11)3-2-4-14(15)18-13-6-8-16-9-7-13;/h2-5,10,13,16,18H,6-9H2,1H3;1H. The van der Waals surface area contributed by atoms with Crippen LogP contribution in [0, 0.1) is 6.92 Å². The molecule has 0 amide bonds. The van der Waals surface area contributed by atoms with Crippen LogP contribution in [0.4, 0.5) is 5.69 Å². The fourth-order valence-corrected chi connectivity index (χ4v) is 2.71. The molecule has 0 atom stereocenters. The van der Waals surface area contributed by atoms with Crippen LogP contribution < -0.4 is 10.6 Å². The first-order chi connectivity index (χ1) is 8.84. The number of aryl methyl sites for hydroxylation is 1. The number of nitrogens with one attached hydrogen (secondary N) is 2. The van der Waals surface area contributed by atoms with Crippen molar-refractivity contribution in [3.63, 3.8) is 0 Å². The van der Waals surface area contributed by atoms with Crippen LogP contribution >= 0.6 is 12.4 Å². The summed E-state index contributed by atoms with van der Waals surface area (Å²) in [5.41, 5.74) is 2.33. The van der Waals surface area contributed by atoms with Gasteiger partial charge in [-0.15, -0.1) is 12.4 Å². The Hall–Kier alpha value is -1.32. The molecule has 0 unspecified atom stereocenters. The zero-order valence-electron chi connectivity index (χ0n) is 11.1. The van der Waals surface area contributed by atoms with E-state index >= 15 is 0 Å². The van der Waals surface area contributed by atoms with Crippen LogP contribution in [0.1, 0.15) is 18.5 Å². The summed E-state index contributed by atoms with van der Waals surface area (Å²) in [7, 11) is 0. The number of hydrogen-bond donors (Lipinski definition) is 2. The molecule has 0 bridgehead atoms. The Morgan fingerprint density at radius 3 is 2.79 bits per heavy atom. The van der Waals surface area contributed by atoms with Gasteiger partial charge in [0.05, 0.1) is 0 Å². The van der Waals surface area contributed by atoms with E-state index in [0.717, 1.165) is 18.8 Å². The molecule has 0 saturated carbocycles. The molecular weight excluding hydrogens is 258 g/mol. The van der Waals surface area contributed by atoms with Crippen LogP contribution in [0.15, 0.2) is 30.5 Å². The van der Waals surface area contributed by atoms with Crippen molar-refractivity contribution in [1.29, 1.82) is 0 Å². The van der Waals surface area contributed by atoms with Crippen molar-refractivity contribution >= 4 is 28.9 Å². The Balaban J connectivity index is 0.00000133. The van der Waals surface area contributed by atoms with E-state index in [1.807, 2.05) is 6.20 Å². The minimum absolute atomic E-state index is 0. The first kappa shape index (κ1) is 14.1. The van der Waals surface area contributed by atoms with Crippen LogP contribution in [0.5, 0.6) is 0 Å². The number of piperidine rings is 1. The third kappa shape index (κ3) is 2.99. The number of benzene rings is 1. The normalized spacial score (nSPS) is 16.1. The van der Waals surface area contributed by atoms with Crippen LogP contribution in [-0.4, -0.2) is 24.1 Å². The van der Waals surface area contributed by atoms with Crippen molar-refractivity contribution in [2.24, 2.45) is 0 Å². The number of rotatable bonds is 2. The molecule has 1 saturated heterocycles. The second-order valence-electron chi connectivity index (χ2n) is 4.97. The summed E-state index contributed by atoms with van der Waals surface area (Å²) in [6.07, 6.45) is 4.26. The minimum atomic E-state index is 0. The monoisotopic (exact) mass is 277 g/mol. The van der Waals surface area contributed by atoms with Gasteiger partial charge in [0.2, 0.25) is 0 Å². The second-order valence-corrected chi connectivity index (χ2v) is 4.97. The number of fused-ring (bicyclic) bond motifs is 1. The van der Waals surface area contributed by atoms with E-state index in [-0.39, 0.29) is 12.4 Å². The molecule has 102 valence electrons. The summed E-state index contributed by atoms with van der Waals surface area (Å²) in [5.74, 6) is 0. The summed E-state index contributed by atoms with van der Waals surface area (Å²) in [4.78, 5) is 4.41. The van der Waals surface area contributed by atoms with E-state index in [9.17, 15) is 0 Å². The van der Waals surface area contributed by atoms with Crippen molar-refractivity contribution in [1.82, 2.24) is 10.3 Å². The third-order valence-corrected chi connectivity index (χ3v) is 3.68. The first-order valence-electron chi connectivity index (χ1n) is 6.66. The quantitative estimate of drug-likeness (QED) is 0.886. The topological polar surface area (TPSA) is 37.0 Å². The van der Waals surface area contributed by atoms with E-state index in [0.29, 0.717) is 6.04 Å². The lowest BCUT2D eigenvalue weighted by Crippen LogP contribution is -2.35. The molecule has 3 nitrogen and oxygen atoms in total. The van der Waals surface area contributed by atoms with Gasteiger partial charge in [0.25, 0.3) is 0 Å². The fraction of sp³-hybridized carbons (Fsp3) is 0.400. The predicted molar refractivity (Wildman–Crippen MR) is 83.2 cm³/mol. The molecule has 1 aromatic heterocycles. The molecule has 19 heavy (non-hydrogen) atoms. The van der Waals surface area contributed by atoms with Crippen LogP contribution in [0.3, 0.4) is 0 Å². The summed E-state index contributed by atoms with van der Waals surface area (Å²) >= 11 is 0. The second kappa shape index (κ2) is 6.22. The van der Waals surface area contributed by atoms with Crippen molar-refractivity contribution < 1.29 is 0 Å². The van der Waals surface area contributed by atoms with Gasteiger partial charge in [-0.05, 0) is 50.4 Å². The minimum Gasteiger partial charge on any atom is -0.382 e. The molecule has 1 aromatic carbocycles. The summed E-state index contributed by atoms with van der Waals surface area (Å²) < 4.78 is 0. The molecule has 2 aromatic rings. The number of aromatic nitrogens is 1. The highest BCUT2D eigenvalue weighted by molar-refractivity contribution is 5.95. The van der Waals surface area contributed by atoms with Crippen LogP contribution in [0.2, 0.25) is 0 Å². The summed E-state index contributed by atoms with van der Waals surface area (Å²) in [6, 6.07) is 9.09. The van der Waals surface area contributed by atoms with Gasteiger partial charge in [-0.25, -0.2) is 0 Å². The number of hydrogen-bond acceptors (Lipinski definition) is 3. The number of nitrogens with zero attached hydrogens (tertiary/aromatic N) is 1. The Labute approximate surface area is 120 Å². The van der Waals surface area contributed by atoms with Gasteiger partial charge in [0, 0.05) is 29.0 Å². The first-order valence-corrected chi connectivity index (χ1v) is 6.66. The molecule has 1 fully saturated rings. The van der Waals surface area contributed by atoms with Gasteiger partial charge in [-0.2, -0.15) is 0 Å². The van der Waals surface area contributed by atoms with Gasteiger partial charge in [0.15, 0.2) is 0 Å². The summed E-state index contributed by atoms with van der Waals surface area (Å²) in [6.45, 7) is 4.30. The molecule has 1 aliphatic rings. The van der Waals surface area contributed by atoms with Crippen LogP contribution in [-0.2, 0) is 0 Å². The summed E-state index contributed by atoms with van der Waals surface area (Å²) in [5, 5.41) is 9.61. The SMILES string of the molecule is Cc1nccc2cccc(NC3CCNCC3)c12.Cl. The molecule has 2 N–H and O–H groups in total. The number of pyridine rings is 1. The molecule has 0 aliphatic carbocycles. The predicted octanol–water partition coefficient (Wildman–Crippen LogP) is 3.13. The molecule has 0 spiro atoms. The van der Waals surface area contributed by atoms with E-state index < -0.39 is 0 Å². The lowest BCUT2D eigenvalue weighted by Gasteiger charge is -2.25. The third-order valence-electron chi connectivity index (χ3n) is 3.68. The van der Waals surface area contributed by atoms with Gasteiger partial charge < -0.3 is 10.6 Å². The van der Waals surface area contributed by atoms with Gasteiger partial charge in [-0.3, -0.25) is 4.98 Å². The smallest absolute Gasteiger partial charge is 0.0471 e. The highest BCUT2D eigenvalue weighted by Gasteiger charge is 2.14. The lowest BCUT2D eigenvalue weighted by atomic mass is 10.0. The van der Waals surface area contributed by atoms with E-state index in [1.165, 1.54) is 29.3 Å². The molecule has 0 radical (unpaired) electrons. The molecule has 1 aliphatic heterocycles. The Morgan fingerprint density at radius 1 is 1.21 bits per heavy atom. The van der Waals surface area contributed by atoms with Crippen molar-refractivity contribution in [2.45, 2.75) is 25.8 Å². The average Bonchev–Trinajstić information content (AvgIpc) is 2.40. The zero-order chi connectivity index (χ0) is 12.4. The average molecular weight is 278 g/mol. The van der Waals surface area contributed by atoms with Crippen molar-refractivity contribution in [3.8, 4) is 0 Å². The largest absolute Gasteiger partial charge is 0.382 e. The fourth-order valence-electron chi connectivity index (χ4n) is 2.71.